The Bertz CT molecular complexity index is 147. The van der Waals surface area contributed by atoms with Gasteiger partial charge in [-0.1, -0.05) is 0 Å². The predicted octanol–water partition coefficient (Wildman–Crippen LogP) is 1.91. The first-order valence-electron chi connectivity index (χ1n) is 3.85. The van der Waals surface area contributed by atoms with Crippen LogP contribution in [0.15, 0.2) is 0 Å². The lowest BCUT2D eigenvalue weighted by atomic mass is 9.97. The predicted molar refractivity (Wildman–Crippen MR) is 43.3 cm³/mol. The molecule has 3 heteroatoms. The number of hydrogen-bond donors (Lipinski definition) is 0. The minimum atomic E-state index is -0.444. The standard InChI is InChI=1S/C8H12ClO2/c1-6(10)11-8-4-2-3-7(9)5-8/h7-8H,1-5H2. The zero-order valence-electron chi connectivity index (χ0n) is 6.38. The van der Waals surface area contributed by atoms with Gasteiger partial charge in [0.1, 0.15) is 6.10 Å². The van der Waals surface area contributed by atoms with Gasteiger partial charge in [-0.2, -0.15) is 0 Å². The number of carbonyl (C=O) groups is 1. The second-order valence-electron chi connectivity index (χ2n) is 2.88. The van der Waals surface area contributed by atoms with E-state index < -0.39 is 5.97 Å². The summed E-state index contributed by atoms with van der Waals surface area (Å²) < 4.78 is 4.93. The van der Waals surface area contributed by atoms with Crippen LogP contribution in [0.4, 0.5) is 0 Å². The molecule has 0 bridgehead atoms. The van der Waals surface area contributed by atoms with Crippen molar-refractivity contribution in [1.82, 2.24) is 0 Å². The third kappa shape index (κ3) is 3.10. The van der Waals surface area contributed by atoms with E-state index in [0.717, 1.165) is 25.7 Å². The molecule has 1 saturated carbocycles. The Kier molecular flexibility index (Phi) is 3.18. The van der Waals surface area contributed by atoms with E-state index in [0.29, 0.717) is 0 Å². The summed E-state index contributed by atoms with van der Waals surface area (Å²) in [6.07, 6.45) is 3.81. The first-order valence-corrected chi connectivity index (χ1v) is 4.29. The SMILES string of the molecule is [CH2]C(=O)OC1CCCC(Cl)C1. The van der Waals surface area contributed by atoms with Gasteiger partial charge in [-0.3, -0.25) is 4.79 Å². The third-order valence-corrected chi connectivity index (χ3v) is 2.26. The molecule has 0 spiro atoms. The number of ether oxygens (including phenoxy) is 1. The molecule has 0 amide bonds. The molecule has 63 valence electrons. The molecule has 1 fully saturated rings. The fourth-order valence-electron chi connectivity index (χ4n) is 1.38. The van der Waals surface area contributed by atoms with Gasteiger partial charge in [-0.15, -0.1) is 11.6 Å². The molecule has 1 aliphatic rings. The summed E-state index contributed by atoms with van der Waals surface area (Å²) in [5, 5.41) is 0.174. The van der Waals surface area contributed by atoms with E-state index in [-0.39, 0.29) is 11.5 Å². The Balaban J connectivity index is 2.28. The summed E-state index contributed by atoms with van der Waals surface area (Å²) in [5.41, 5.74) is 0. The summed E-state index contributed by atoms with van der Waals surface area (Å²) in [6, 6.07) is 0. The quantitative estimate of drug-likeness (QED) is 0.450. The van der Waals surface area contributed by atoms with Crippen molar-refractivity contribution < 1.29 is 9.53 Å². The van der Waals surface area contributed by atoms with Crippen LogP contribution in [-0.4, -0.2) is 17.5 Å². The number of esters is 1. The average molecular weight is 176 g/mol. The molecule has 2 unspecified atom stereocenters. The highest BCUT2D eigenvalue weighted by Crippen LogP contribution is 2.24. The van der Waals surface area contributed by atoms with E-state index in [1.807, 2.05) is 0 Å². The molecule has 0 aromatic rings. The summed E-state index contributed by atoms with van der Waals surface area (Å²) in [7, 11) is 0. The zero-order valence-corrected chi connectivity index (χ0v) is 7.14. The van der Waals surface area contributed by atoms with Crippen LogP contribution in [-0.2, 0) is 9.53 Å². The lowest BCUT2D eigenvalue weighted by Crippen LogP contribution is -2.24. The van der Waals surface area contributed by atoms with E-state index in [1.54, 1.807) is 0 Å². The van der Waals surface area contributed by atoms with E-state index >= 15 is 0 Å². The van der Waals surface area contributed by atoms with Gasteiger partial charge in [0.15, 0.2) is 0 Å². The maximum Gasteiger partial charge on any atom is 0.306 e. The van der Waals surface area contributed by atoms with E-state index in [4.69, 9.17) is 16.3 Å². The Morgan fingerprint density at radius 3 is 2.82 bits per heavy atom. The van der Waals surface area contributed by atoms with Crippen LogP contribution in [0.25, 0.3) is 0 Å². The van der Waals surface area contributed by atoms with Crippen LogP contribution in [0.3, 0.4) is 0 Å². The summed E-state index contributed by atoms with van der Waals surface area (Å²) in [6.45, 7) is 3.15. The van der Waals surface area contributed by atoms with Gasteiger partial charge in [-0.25, -0.2) is 0 Å². The highest BCUT2D eigenvalue weighted by Gasteiger charge is 2.21. The number of carbonyl (C=O) groups excluding carboxylic acids is 1. The van der Waals surface area contributed by atoms with Gasteiger partial charge < -0.3 is 4.74 Å². The highest BCUT2D eigenvalue weighted by molar-refractivity contribution is 6.20. The Labute approximate surface area is 71.9 Å². The molecule has 2 nitrogen and oxygen atoms in total. The lowest BCUT2D eigenvalue weighted by molar-refractivity contribution is -0.144. The Morgan fingerprint density at radius 1 is 1.55 bits per heavy atom. The Morgan fingerprint density at radius 2 is 2.27 bits per heavy atom. The topological polar surface area (TPSA) is 26.3 Å². The first kappa shape index (κ1) is 8.85. The van der Waals surface area contributed by atoms with Crippen molar-refractivity contribution in [1.29, 1.82) is 0 Å². The molecule has 11 heavy (non-hydrogen) atoms. The number of hydrogen-bond acceptors (Lipinski definition) is 2. The van der Waals surface area contributed by atoms with Crippen molar-refractivity contribution in [3.8, 4) is 0 Å². The van der Waals surface area contributed by atoms with Crippen LogP contribution in [0.2, 0.25) is 0 Å². The van der Waals surface area contributed by atoms with Gasteiger partial charge in [0, 0.05) is 11.8 Å². The van der Waals surface area contributed by atoms with Gasteiger partial charge in [0.25, 0.3) is 0 Å². The molecule has 1 radical (unpaired) electrons. The van der Waals surface area contributed by atoms with Crippen molar-refractivity contribution in [2.24, 2.45) is 0 Å². The van der Waals surface area contributed by atoms with E-state index in [1.165, 1.54) is 0 Å². The fourth-order valence-corrected chi connectivity index (χ4v) is 1.73. The van der Waals surface area contributed by atoms with Crippen molar-refractivity contribution in [3.05, 3.63) is 6.92 Å². The molecule has 0 aliphatic heterocycles. The molecular weight excluding hydrogens is 164 g/mol. The molecular formula is C8H12ClO2. The first-order chi connectivity index (χ1) is 5.18. The fraction of sp³-hybridized carbons (Fsp3) is 0.750. The monoisotopic (exact) mass is 175 g/mol. The summed E-state index contributed by atoms with van der Waals surface area (Å²) >= 11 is 5.88. The molecule has 1 aliphatic carbocycles. The van der Waals surface area contributed by atoms with Gasteiger partial charge >= 0.3 is 5.97 Å². The normalized spacial score (nSPS) is 31.5. The molecule has 0 saturated heterocycles. The maximum absolute atomic E-state index is 10.4. The van der Waals surface area contributed by atoms with Crippen molar-refractivity contribution in [2.45, 2.75) is 37.2 Å². The summed E-state index contributed by atoms with van der Waals surface area (Å²) in [4.78, 5) is 10.4. The number of halogens is 1. The van der Waals surface area contributed by atoms with Crippen LogP contribution >= 0.6 is 11.6 Å². The number of rotatable bonds is 1. The summed E-state index contributed by atoms with van der Waals surface area (Å²) in [5.74, 6) is -0.444. The van der Waals surface area contributed by atoms with Crippen LogP contribution < -0.4 is 0 Å². The van der Waals surface area contributed by atoms with E-state index in [9.17, 15) is 4.79 Å². The van der Waals surface area contributed by atoms with E-state index in [2.05, 4.69) is 6.92 Å². The van der Waals surface area contributed by atoms with Crippen molar-refractivity contribution in [3.63, 3.8) is 0 Å². The smallest absolute Gasteiger partial charge is 0.306 e. The Hall–Kier alpha value is -0.240. The average Bonchev–Trinajstić information content (AvgIpc) is 1.85. The van der Waals surface area contributed by atoms with Gasteiger partial charge in [-0.05, 0) is 19.3 Å². The number of alkyl halides is 1. The van der Waals surface area contributed by atoms with Crippen molar-refractivity contribution in [2.75, 3.05) is 0 Å². The highest BCUT2D eigenvalue weighted by atomic mass is 35.5. The second-order valence-corrected chi connectivity index (χ2v) is 3.49. The lowest BCUT2D eigenvalue weighted by Gasteiger charge is -2.24. The maximum atomic E-state index is 10.4. The van der Waals surface area contributed by atoms with Crippen LogP contribution in [0.1, 0.15) is 25.7 Å². The van der Waals surface area contributed by atoms with Crippen molar-refractivity contribution >= 4 is 17.6 Å². The minimum absolute atomic E-state index is 0.0104. The third-order valence-electron chi connectivity index (χ3n) is 1.86. The molecule has 0 heterocycles. The molecule has 0 N–H and O–H groups in total. The molecule has 0 aromatic heterocycles. The second kappa shape index (κ2) is 3.96. The minimum Gasteiger partial charge on any atom is -0.462 e. The largest absolute Gasteiger partial charge is 0.462 e. The zero-order chi connectivity index (χ0) is 8.27. The molecule has 1 rings (SSSR count). The van der Waals surface area contributed by atoms with Gasteiger partial charge in [0.05, 0.1) is 6.92 Å². The molecule has 0 aromatic carbocycles. The van der Waals surface area contributed by atoms with Crippen LogP contribution in [0, 0.1) is 6.92 Å². The van der Waals surface area contributed by atoms with Gasteiger partial charge in [0.2, 0.25) is 0 Å². The van der Waals surface area contributed by atoms with Crippen LogP contribution in [0.5, 0.6) is 0 Å². The molecule has 2 atom stereocenters.